The third kappa shape index (κ3) is 8.93. The Balaban J connectivity index is 2.31. The Labute approximate surface area is 125 Å². The van der Waals surface area contributed by atoms with Crippen LogP contribution >= 0.6 is 0 Å². The molecule has 0 aromatic rings. The summed E-state index contributed by atoms with van der Waals surface area (Å²) >= 11 is 0. The second kappa shape index (κ2) is 10.6. The number of quaternary nitrogens is 1. The first-order valence-electron chi connectivity index (χ1n) is 8.68. The number of hydrogen-bond donors (Lipinski definition) is 1. The van der Waals surface area contributed by atoms with Gasteiger partial charge >= 0.3 is 0 Å². The normalized spacial score (nSPS) is 21.1. The molecule has 0 aliphatic heterocycles. The summed E-state index contributed by atoms with van der Waals surface area (Å²) in [4.78, 5) is 0. The Bertz CT molecular complexity index is 219. The predicted molar refractivity (Wildman–Crippen MR) is 84.6 cm³/mol. The maximum Gasteiger partial charge on any atom is 0.183 e. The molecular weight excluding hydrogens is 250 g/mol. The zero-order valence-electron chi connectivity index (χ0n) is 13.8. The molecule has 1 aliphatic carbocycles. The van der Waals surface area contributed by atoms with E-state index in [1.807, 2.05) is 0 Å². The van der Waals surface area contributed by atoms with E-state index in [1.54, 1.807) is 0 Å². The van der Waals surface area contributed by atoms with Crippen LogP contribution in [-0.2, 0) is 4.74 Å². The van der Waals surface area contributed by atoms with Gasteiger partial charge < -0.3 is 14.3 Å². The summed E-state index contributed by atoms with van der Waals surface area (Å²) in [7, 11) is 4.26. The lowest BCUT2D eigenvalue weighted by molar-refractivity contribution is -0.910. The van der Waals surface area contributed by atoms with Crippen molar-refractivity contribution in [3.63, 3.8) is 0 Å². The van der Waals surface area contributed by atoms with Crippen molar-refractivity contribution in [1.29, 1.82) is 0 Å². The van der Waals surface area contributed by atoms with Crippen molar-refractivity contribution < 1.29 is 14.3 Å². The lowest BCUT2D eigenvalue weighted by Crippen LogP contribution is -2.44. The quantitative estimate of drug-likeness (QED) is 0.617. The molecule has 1 N–H and O–H groups in total. The van der Waals surface area contributed by atoms with E-state index in [4.69, 9.17) is 9.84 Å². The molecule has 0 radical (unpaired) electrons. The highest BCUT2D eigenvalue weighted by molar-refractivity contribution is 4.61. The summed E-state index contributed by atoms with van der Waals surface area (Å²) in [6, 6.07) is 0. The molecule has 3 heteroatoms. The van der Waals surface area contributed by atoms with E-state index in [0.717, 1.165) is 17.8 Å². The molecule has 0 atom stereocenters. The number of hydrogen-bond acceptors (Lipinski definition) is 2. The average Bonchev–Trinajstić information content (AvgIpc) is 2.38. The van der Waals surface area contributed by atoms with E-state index in [9.17, 15) is 0 Å². The second-order valence-corrected chi connectivity index (χ2v) is 7.06. The standard InChI is InChI=1S/C17H36NO2/c1-18(2,14-15-19)16-20-17-12-10-8-6-4-3-5-7-9-11-13-17/h17,19H,3-16H2,1-2H3/q+1. The Hall–Kier alpha value is -0.120. The van der Waals surface area contributed by atoms with Gasteiger partial charge in [0.25, 0.3) is 0 Å². The zero-order valence-corrected chi connectivity index (χ0v) is 13.8. The van der Waals surface area contributed by atoms with Gasteiger partial charge in [0, 0.05) is 0 Å². The number of nitrogens with zero attached hydrogens (tertiary/aromatic N) is 1. The molecule has 20 heavy (non-hydrogen) atoms. The summed E-state index contributed by atoms with van der Waals surface area (Å²) in [5.41, 5.74) is 0. The van der Waals surface area contributed by atoms with Crippen LogP contribution in [0.5, 0.6) is 0 Å². The average molecular weight is 286 g/mol. The topological polar surface area (TPSA) is 29.5 Å². The highest BCUT2D eigenvalue weighted by atomic mass is 16.5. The highest BCUT2D eigenvalue weighted by Gasteiger charge is 2.18. The van der Waals surface area contributed by atoms with Crippen molar-refractivity contribution in [3.8, 4) is 0 Å². The lowest BCUT2D eigenvalue weighted by Gasteiger charge is -2.30. The van der Waals surface area contributed by atoms with Crippen LogP contribution in [-0.4, -0.2) is 49.7 Å². The molecule has 1 aliphatic rings. The van der Waals surface area contributed by atoms with Gasteiger partial charge in [-0.2, -0.15) is 0 Å². The second-order valence-electron chi connectivity index (χ2n) is 7.06. The first-order chi connectivity index (χ1) is 9.64. The van der Waals surface area contributed by atoms with Crippen molar-refractivity contribution in [2.75, 3.05) is 34.0 Å². The van der Waals surface area contributed by atoms with Gasteiger partial charge in [0.05, 0.1) is 26.8 Å². The fraction of sp³-hybridized carbons (Fsp3) is 1.00. The van der Waals surface area contributed by atoms with Gasteiger partial charge in [-0.15, -0.1) is 0 Å². The first kappa shape index (κ1) is 17.9. The Morgan fingerprint density at radius 3 is 1.75 bits per heavy atom. The molecular formula is C17H36NO2+. The fourth-order valence-electron chi connectivity index (χ4n) is 2.93. The van der Waals surface area contributed by atoms with Crippen LogP contribution in [0.3, 0.4) is 0 Å². The third-order valence-corrected chi connectivity index (χ3v) is 4.42. The number of aliphatic hydroxyl groups excluding tert-OH is 1. The summed E-state index contributed by atoms with van der Waals surface area (Å²) in [6.45, 7) is 1.74. The minimum Gasteiger partial charge on any atom is -0.391 e. The predicted octanol–water partition coefficient (Wildman–Crippen LogP) is 3.70. The SMILES string of the molecule is C[N+](C)(CCO)COC1CCCCCCCCCCC1. The largest absolute Gasteiger partial charge is 0.391 e. The maximum absolute atomic E-state index is 9.08. The minimum absolute atomic E-state index is 0.237. The zero-order chi connectivity index (χ0) is 14.7. The molecule has 1 saturated carbocycles. The van der Waals surface area contributed by atoms with E-state index in [1.165, 1.54) is 70.6 Å². The molecule has 1 rings (SSSR count). The van der Waals surface area contributed by atoms with E-state index in [0.29, 0.717) is 6.10 Å². The maximum atomic E-state index is 9.08. The number of rotatable bonds is 5. The van der Waals surface area contributed by atoms with E-state index in [-0.39, 0.29) is 6.61 Å². The van der Waals surface area contributed by atoms with Gasteiger partial charge in [0.2, 0.25) is 0 Å². The molecule has 120 valence electrons. The van der Waals surface area contributed by atoms with Crippen LogP contribution in [0.4, 0.5) is 0 Å². The van der Waals surface area contributed by atoms with Crippen molar-refractivity contribution in [3.05, 3.63) is 0 Å². The molecule has 0 heterocycles. The molecule has 0 aromatic carbocycles. The number of aliphatic hydroxyl groups is 1. The van der Waals surface area contributed by atoms with Crippen LogP contribution in [0.2, 0.25) is 0 Å². The number of likely N-dealkylation sites (N-methyl/N-ethyl adjacent to an activating group) is 1. The number of ether oxygens (including phenoxy) is 1. The molecule has 0 bridgehead atoms. The van der Waals surface area contributed by atoms with Gasteiger partial charge in [-0.1, -0.05) is 57.8 Å². The lowest BCUT2D eigenvalue weighted by atomic mass is 9.99. The molecule has 0 aromatic heterocycles. The summed E-state index contributed by atoms with van der Waals surface area (Å²) < 4.78 is 6.92. The van der Waals surface area contributed by atoms with E-state index >= 15 is 0 Å². The molecule has 0 unspecified atom stereocenters. The van der Waals surface area contributed by atoms with Gasteiger partial charge in [-0.05, 0) is 12.8 Å². The molecule has 1 fully saturated rings. The molecule has 0 amide bonds. The van der Waals surface area contributed by atoms with Gasteiger partial charge in [-0.3, -0.25) is 0 Å². The summed E-state index contributed by atoms with van der Waals surface area (Å²) in [6.07, 6.45) is 15.3. The fourth-order valence-corrected chi connectivity index (χ4v) is 2.93. The molecule has 3 nitrogen and oxygen atoms in total. The third-order valence-electron chi connectivity index (χ3n) is 4.42. The highest BCUT2D eigenvalue weighted by Crippen LogP contribution is 2.19. The monoisotopic (exact) mass is 286 g/mol. The molecule has 0 spiro atoms. The molecule has 0 saturated heterocycles. The van der Waals surface area contributed by atoms with Crippen LogP contribution in [0.15, 0.2) is 0 Å². The van der Waals surface area contributed by atoms with Crippen molar-refractivity contribution in [2.45, 2.75) is 76.7 Å². The van der Waals surface area contributed by atoms with Crippen LogP contribution in [0.1, 0.15) is 70.6 Å². The van der Waals surface area contributed by atoms with Crippen LogP contribution in [0.25, 0.3) is 0 Å². The summed E-state index contributed by atoms with van der Waals surface area (Å²) in [5, 5.41) is 9.08. The van der Waals surface area contributed by atoms with Gasteiger partial charge in [0.1, 0.15) is 6.54 Å². The van der Waals surface area contributed by atoms with Crippen molar-refractivity contribution >= 4 is 0 Å². The van der Waals surface area contributed by atoms with Gasteiger partial charge in [-0.25, -0.2) is 0 Å². The van der Waals surface area contributed by atoms with Crippen molar-refractivity contribution in [1.82, 2.24) is 0 Å². The Morgan fingerprint density at radius 1 is 0.850 bits per heavy atom. The smallest absolute Gasteiger partial charge is 0.183 e. The Morgan fingerprint density at radius 2 is 1.30 bits per heavy atom. The Kier molecular flexibility index (Phi) is 9.49. The summed E-state index contributed by atoms with van der Waals surface area (Å²) in [5.74, 6) is 0. The van der Waals surface area contributed by atoms with Crippen LogP contribution in [0, 0.1) is 0 Å². The van der Waals surface area contributed by atoms with E-state index < -0.39 is 0 Å². The van der Waals surface area contributed by atoms with Gasteiger partial charge in [0.15, 0.2) is 6.73 Å². The van der Waals surface area contributed by atoms with E-state index in [2.05, 4.69) is 14.1 Å². The van der Waals surface area contributed by atoms with Crippen LogP contribution < -0.4 is 0 Å². The minimum atomic E-state index is 0.237. The van der Waals surface area contributed by atoms with Crippen molar-refractivity contribution in [2.24, 2.45) is 0 Å². The first-order valence-corrected chi connectivity index (χ1v) is 8.68.